The van der Waals surface area contributed by atoms with E-state index in [1.165, 1.54) is 5.56 Å². The van der Waals surface area contributed by atoms with Gasteiger partial charge in [0.15, 0.2) is 8.11 Å². The van der Waals surface area contributed by atoms with Crippen molar-refractivity contribution in [2.75, 3.05) is 0 Å². The smallest absolute Gasteiger partial charge is 0.163 e. The molecule has 0 aliphatic heterocycles. The third-order valence-corrected chi connectivity index (χ3v) is 3.49. The fourth-order valence-electron chi connectivity index (χ4n) is 0.863. The van der Waals surface area contributed by atoms with Crippen molar-refractivity contribution in [2.45, 2.75) is 6.04 Å². The number of benzene rings is 1. The number of halogens is 1. The monoisotopic (exact) mass is 181 g/mol. The summed E-state index contributed by atoms with van der Waals surface area (Å²) in [5, 5.41) is 0. The van der Waals surface area contributed by atoms with E-state index in [0.29, 0.717) is 0 Å². The summed E-state index contributed by atoms with van der Waals surface area (Å²) in [7, 11) is -0.845. The van der Waals surface area contributed by atoms with Crippen LogP contribution in [0.2, 0.25) is 0 Å². The molecule has 0 fully saturated rings. The fourth-order valence-corrected chi connectivity index (χ4v) is 2.10. The van der Waals surface area contributed by atoms with Crippen molar-refractivity contribution in [3.8, 4) is 0 Å². The lowest BCUT2D eigenvalue weighted by Gasteiger charge is -1.99. The first-order chi connectivity index (χ1) is 5.33. The predicted molar refractivity (Wildman–Crippen MR) is 52.0 cm³/mol. The van der Waals surface area contributed by atoms with E-state index in [2.05, 4.69) is 18.7 Å². The Balaban J connectivity index is 2.57. The lowest BCUT2D eigenvalue weighted by Crippen LogP contribution is -2.04. The quantitative estimate of drug-likeness (QED) is 0.497. The molecule has 1 aromatic carbocycles. The minimum absolute atomic E-state index is 0.845. The van der Waals surface area contributed by atoms with Crippen LogP contribution in [0.3, 0.4) is 0 Å². The van der Waals surface area contributed by atoms with Crippen molar-refractivity contribution < 1.29 is 0 Å². The lowest BCUT2D eigenvalue weighted by molar-refractivity contribution is 1.38. The van der Waals surface area contributed by atoms with E-state index in [4.69, 9.17) is 11.1 Å². The van der Waals surface area contributed by atoms with E-state index in [9.17, 15) is 0 Å². The van der Waals surface area contributed by atoms with Crippen molar-refractivity contribution in [1.82, 2.24) is 0 Å². The second-order valence-corrected chi connectivity index (χ2v) is 5.43. The van der Waals surface area contributed by atoms with Gasteiger partial charge in [0.1, 0.15) is 0 Å². The maximum absolute atomic E-state index is 5.98. The van der Waals surface area contributed by atoms with Crippen molar-refractivity contribution in [2.24, 2.45) is 0 Å². The second-order valence-electron chi connectivity index (χ2n) is 2.31. The Morgan fingerprint density at radius 3 is 2.55 bits per heavy atom. The highest BCUT2D eigenvalue weighted by molar-refractivity contribution is 7.09. The zero-order valence-corrected chi connectivity index (χ0v) is 8.01. The molecule has 0 unspecified atom stereocenters. The molecule has 1 radical (unpaired) electrons. The first kappa shape index (κ1) is 8.56. The van der Waals surface area contributed by atoms with Gasteiger partial charge in [-0.3, -0.25) is 0 Å². The molecule has 0 aromatic heterocycles. The maximum Gasteiger partial charge on any atom is 0.196 e. The Hall–Kier alpha value is -0.533. The van der Waals surface area contributed by atoms with Gasteiger partial charge in [-0.1, -0.05) is 36.0 Å². The summed E-state index contributed by atoms with van der Waals surface area (Å²) >= 11 is 5.98. The van der Waals surface area contributed by atoms with Gasteiger partial charge in [0.25, 0.3) is 0 Å². The van der Waals surface area contributed by atoms with Gasteiger partial charge in [-0.05, 0) is 11.6 Å². The van der Waals surface area contributed by atoms with Crippen molar-refractivity contribution in [1.29, 1.82) is 0 Å². The van der Waals surface area contributed by atoms with Crippen LogP contribution in [0.15, 0.2) is 42.6 Å². The Morgan fingerprint density at radius 1 is 1.36 bits per heavy atom. The third kappa shape index (κ3) is 2.91. The summed E-state index contributed by atoms with van der Waals surface area (Å²) < 4.78 is 0. The predicted octanol–water partition coefficient (Wildman–Crippen LogP) is 2.72. The highest BCUT2D eigenvalue weighted by atomic mass is 35.6. The SMILES string of the molecule is C=C[Si](Cl)Cc1ccccc1. The summed E-state index contributed by atoms with van der Waals surface area (Å²) in [5.74, 6) is 0. The lowest BCUT2D eigenvalue weighted by atomic mass is 10.2. The van der Waals surface area contributed by atoms with E-state index in [-0.39, 0.29) is 0 Å². The zero-order valence-electron chi connectivity index (χ0n) is 6.26. The largest absolute Gasteiger partial charge is 0.196 e. The molecular formula is C9H10ClSi. The molecule has 0 N–H and O–H groups in total. The average Bonchev–Trinajstić information content (AvgIpc) is 2.06. The summed E-state index contributed by atoms with van der Waals surface area (Å²) in [6.45, 7) is 3.67. The minimum atomic E-state index is -0.845. The average molecular weight is 182 g/mol. The van der Waals surface area contributed by atoms with Crippen molar-refractivity contribution >= 4 is 19.2 Å². The molecule has 0 nitrogen and oxygen atoms in total. The molecule has 0 amide bonds. The van der Waals surface area contributed by atoms with E-state index in [1.54, 1.807) is 0 Å². The standard InChI is InChI=1S/C9H10ClSi/c1-2-11(10)8-9-6-4-3-5-7-9/h2-7H,1,8H2. The number of hydrogen-bond acceptors (Lipinski definition) is 0. The zero-order chi connectivity index (χ0) is 8.10. The first-order valence-electron chi connectivity index (χ1n) is 3.50. The Morgan fingerprint density at radius 2 is 2.00 bits per heavy atom. The molecule has 0 saturated heterocycles. The molecule has 1 aromatic rings. The molecule has 0 heterocycles. The number of rotatable bonds is 3. The van der Waals surface area contributed by atoms with Crippen LogP contribution >= 0.6 is 11.1 Å². The molecule has 0 atom stereocenters. The van der Waals surface area contributed by atoms with Gasteiger partial charge in [0.2, 0.25) is 0 Å². The first-order valence-corrected chi connectivity index (χ1v) is 6.30. The van der Waals surface area contributed by atoms with Gasteiger partial charge in [-0.25, -0.2) is 0 Å². The van der Waals surface area contributed by atoms with Crippen LogP contribution in [0.4, 0.5) is 0 Å². The van der Waals surface area contributed by atoms with Gasteiger partial charge in [-0.2, -0.15) is 11.1 Å². The Bertz CT molecular complexity index is 220. The minimum Gasteiger partial charge on any atom is -0.163 e. The normalized spacial score (nSPS) is 10.0. The van der Waals surface area contributed by atoms with Gasteiger partial charge in [0, 0.05) is 0 Å². The summed E-state index contributed by atoms with van der Waals surface area (Å²) in [5.41, 5.74) is 3.16. The Kier molecular flexibility index (Phi) is 3.40. The molecule has 1 rings (SSSR count). The van der Waals surface area contributed by atoms with E-state index in [1.807, 2.05) is 23.9 Å². The van der Waals surface area contributed by atoms with Gasteiger partial charge >= 0.3 is 0 Å². The molecule has 0 bridgehead atoms. The highest BCUT2D eigenvalue weighted by Gasteiger charge is 2.02. The molecular weight excluding hydrogens is 172 g/mol. The van der Waals surface area contributed by atoms with Gasteiger partial charge in [-0.15, -0.1) is 6.58 Å². The van der Waals surface area contributed by atoms with Gasteiger partial charge < -0.3 is 0 Å². The third-order valence-electron chi connectivity index (χ3n) is 1.44. The van der Waals surface area contributed by atoms with E-state index >= 15 is 0 Å². The Labute approximate surface area is 73.8 Å². The molecule has 2 heteroatoms. The van der Waals surface area contributed by atoms with Crippen LogP contribution in [0.5, 0.6) is 0 Å². The summed E-state index contributed by atoms with van der Waals surface area (Å²) in [6, 6.07) is 11.2. The van der Waals surface area contributed by atoms with Crippen molar-refractivity contribution in [3.63, 3.8) is 0 Å². The van der Waals surface area contributed by atoms with E-state index < -0.39 is 8.11 Å². The van der Waals surface area contributed by atoms with E-state index in [0.717, 1.165) is 6.04 Å². The summed E-state index contributed by atoms with van der Waals surface area (Å²) in [6.07, 6.45) is 0. The maximum atomic E-state index is 5.98. The topological polar surface area (TPSA) is 0 Å². The van der Waals surface area contributed by atoms with Crippen LogP contribution < -0.4 is 0 Å². The van der Waals surface area contributed by atoms with Gasteiger partial charge in [0.05, 0.1) is 0 Å². The van der Waals surface area contributed by atoms with Crippen LogP contribution in [0.1, 0.15) is 5.56 Å². The molecule has 0 aliphatic rings. The fraction of sp³-hybridized carbons (Fsp3) is 0.111. The second kappa shape index (κ2) is 4.37. The molecule has 0 spiro atoms. The van der Waals surface area contributed by atoms with Crippen molar-refractivity contribution in [3.05, 3.63) is 48.2 Å². The van der Waals surface area contributed by atoms with Crippen LogP contribution in [0, 0.1) is 0 Å². The highest BCUT2D eigenvalue weighted by Crippen LogP contribution is 2.04. The van der Waals surface area contributed by atoms with Crippen LogP contribution in [-0.4, -0.2) is 8.11 Å². The molecule has 0 aliphatic carbocycles. The van der Waals surface area contributed by atoms with Crippen LogP contribution in [0.25, 0.3) is 0 Å². The molecule has 0 saturated carbocycles. The molecule has 57 valence electrons. The number of hydrogen-bond donors (Lipinski definition) is 0. The molecule has 11 heavy (non-hydrogen) atoms. The van der Waals surface area contributed by atoms with Crippen LogP contribution in [-0.2, 0) is 6.04 Å². The summed E-state index contributed by atoms with van der Waals surface area (Å²) in [4.78, 5) is 0.